The predicted molar refractivity (Wildman–Crippen MR) is 107 cm³/mol. The zero-order valence-electron chi connectivity index (χ0n) is 17.1. The van der Waals surface area contributed by atoms with Crippen molar-refractivity contribution in [2.75, 3.05) is 46.8 Å². The third kappa shape index (κ3) is 5.10. The van der Waals surface area contributed by atoms with Crippen LogP contribution in [0.25, 0.3) is 0 Å². The molecule has 2 amide bonds. The molecule has 0 saturated carbocycles. The van der Waals surface area contributed by atoms with Crippen molar-refractivity contribution < 1.29 is 14.0 Å². The molecule has 28 heavy (non-hydrogen) atoms. The summed E-state index contributed by atoms with van der Waals surface area (Å²) >= 11 is 0. The van der Waals surface area contributed by atoms with Crippen molar-refractivity contribution in [1.29, 1.82) is 0 Å². The van der Waals surface area contributed by atoms with Gasteiger partial charge in [0, 0.05) is 51.0 Å². The number of nitrogens with zero attached hydrogens (tertiary/aromatic N) is 3. The zero-order chi connectivity index (χ0) is 20.1. The lowest BCUT2D eigenvalue weighted by atomic mass is 9.73. The number of likely N-dealkylation sites (tertiary alicyclic amines) is 2. The number of benzene rings is 1. The van der Waals surface area contributed by atoms with Crippen molar-refractivity contribution in [3.05, 3.63) is 35.6 Å². The van der Waals surface area contributed by atoms with Crippen molar-refractivity contribution in [3.8, 4) is 0 Å². The van der Waals surface area contributed by atoms with E-state index in [-0.39, 0.29) is 23.0 Å². The van der Waals surface area contributed by atoms with Gasteiger partial charge >= 0.3 is 0 Å². The molecule has 5 nitrogen and oxygen atoms in total. The molecule has 2 fully saturated rings. The largest absolute Gasteiger partial charge is 0.342 e. The van der Waals surface area contributed by atoms with Crippen LogP contribution < -0.4 is 0 Å². The molecule has 2 aliphatic rings. The number of hydrogen-bond acceptors (Lipinski definition) is 3. The van der Waals surface area contributed by atoms with E-state index in [1.54, 1.807) is 18.2 Å². The van der Waals surface area contributed by atoms with Crippen molar-refractivity contribution >= 4 is 11.8 Å². The molecule has 1 spiro atoms. The number of piperidine rings is 2. The van der Waals surface area contributed by atoms with Gasteiger partial charge in [-0.15, -0.1) is 0 Å². The smallest absolute Gasteiger partial charge is 0.222 e. The number of aryl methyl sites for hydroxylation is 1. The van der Waals surface area contributed by atoms with E-state index in [1.807, 2.05) is 23.9 Å². The Bertz CT molecular complexity index is 709. The van der Waals surface area contributed by atoms with E-state index in [2.05, 4.69) is 4.90 Å². The predicted octanol–water partition coefficient (Wildman–Crippen LogP) is 2.55. The third-order valence-electron chi connectivity index (χ3n) is 6.15. The number of hydrogen-bond donors (Lipinski definition) is 0. The van der Waals surface area contributed by atoms with Gasteiger partial charge in [0.1, 0.15) is 5.82 Å². The number of carbonyl (C=O) groups excluding carboxylic acids is 2. The molecular weight excluding hydrogens is 357 g/mol. The van der Waals surface area contributed by atoms with Crippen LogP contribution in [0.15, 0.2) is 24.3 Å². The summed E-state index contributed by atoms with van der Waals surface area (Å²) in [5.74, 6) is 0.0855. The highest BCUT2D eigenvalue weighted by Crippen LogP contribution is 2.39. The highest BCUT2D eigenvalue weighted by atomic mass is 19.1. The van der Waals surface area contributed by atoms with Gasteiger partial charge < -0.3 is 14.7 Å². The lowest BCUT2D eigenvalue weighted by molar-refractivity contribution is -0.143. The lowest BCUT2D eigenvalue weighted by Crippen LogP contribution is -2.55. The highest BCUT2D eigenvalue weighted by molar-refractivity contribution is 5.78. The van der Waals surface area contributed by atoms with Gasteiger partial charge in [-0.05, 0) is 51.4 Å². The van der Waals surface area contributed by atoms with Gasteiger partial charge in [0.2, 0.25) is 11.8 Å². The second-order valence-electron chi connectivity index (χ2n) is 8.63. The normalized spacial score (nSPS) is 22.9. The van der Waals surface area contributed by atoms with Crippen LogP contribution in [0, 0.1) is 11.2 Å². The van der Waals surface area contributed by atoms with Crippen molar-refractivity contribution in [2.45, 2.75) is 38.5 Å². The first-order valence-electron chi connectivity index (χ1n) is 10.3. The Morgan fingerprint density at radius 1 is 1.21 bits per heavy atom. The molecule has 3 rings (SSSR count). The van der Waals surface area contributed by atoms with Gasteiger partial charge in [-0.2, -0.15) is 0 Å². The van der Waals surface area contributed by atoms with Crippen molar-refractivity contribution in [1.82, 2.24) is 14.7 Å². The van der Waals surface area contributed by atoms with Crippen LogP contribution >= 0.6 is 0 Å². The van der Waals surface area contributed by atoms with Crippen molar-refractivity contribution in [3.63, 3.8) is 0 Å². The molecule has 1 atom stereocenters. The fourth-order valence-electron chi connectivity index (χ4n) is 4.48. The molecule has 0 radical (unpaired) electrons. The molecule has 0 N–H and O–H groups in total. The van der Waals surface area contributed by atoms with Gasteiger partial charge in [0.25, 0.3) is 0 Å². The molecule has 0 aliphatic carbocycles. The summed E-state index contributed by atoms with van der Waals surface area (Å²) in [5.41, 5.74) is 0.618. The maximum Gasteiger partial charge on any atom is 0.222 e. The lowest BCUT2D eigenvalue weighted by Gasteiger charge is -2.48. The first kappa shape index (κ1) is 20.8. The van der Waals surface area contributed by atoms with E-state index in [0.717, 1.165) is 52.0 Å². The van der Waals surface area contributed by atoms with E-state index in [4.69, 9.17) is 0 Å². The Morgan fingerprint density at radius 3 is 2.75 bits per heavy atom. The van der Waals surface area contributed by atoms with Crippen molar-refractivity contribution in [2.24, 2.45) is 5.41 Å². The minimum Gasteiger partial charge on any atom is -0.342 e. The molecule has 1 aromatic rings. The van der Waals surface area contributed by atoms with E-state index in [0.29, 0.717) is 24.8 Å². The standard InChI is InChI=1S/C22H32FN3O2/c1-24(2)14-15-26-17-22(12-10-21(26)28)11-5-13-25(16-22)20(27)9-8-18-6-3-4-7-19(18)23/h3-4,6-7H,5,8-17H2,1-2H3. The molecule has 1 unspecified atom stereocenters. The second kappa shape index (κ2) is 9.03. The molecule has 2 saturated heterocycles. The van der Waals surface area contributed by atoms with Crippen LogP contribution in [-0.4, -0.2) is 73.3 Å². The Labute approximate surface area is 167 Å². The van der Waals surface area contributed by atoms with Gasteiger partial charge in [0.15, 0.2) is 0 Å². The molecule has 154 valence electrons. The third-order valence-corrected chi connectivity index (χ3v) is 6.15. The summed E-state index contributed by atoms with van der Waals surface area (Å²) in [6.07, 6.45) is 4.24. The maximum atomic E-state index is 13.8. The average molecular weight is 390 g/mol. The first-order chi connectivity index (χ1) is 13.4. The van der Waals surface area contributed by atoms with E-state index in [9.17, 15) is 14.0 Å². The zero-order valence-corrected chi connectivity index (χ0v) is 17.1. The number of amides is 2. The average Bonchev–Trinajstić information content (AvgIpc) is 2.68. The summed E-state index contributed by atoms with van der Waals surface area (Å²) in [4.78, 5) is 31.1. The molecule has 6 heteroatoms. The molecule has 1 aromatic carbocycles. The molecule has 0 bridgehead atoms. The monoisotopic (exact) mass is 389 g/mol. The van der Waals surface area contributed by atoms with Crippen LogP contribution in [0.2, 0.25) is 0 Å². The van der Waals surface area contributed by atoms with Crippen LogP contribution in [0.5, 0.6) is 0 Å². The Hall–Kier alpha value is -1.95. The fourth-order valence-corrected chi connectivity index (χ4v) is 4.48. The maximum absolute atomic E-state index is 13.8. The molecular formula is C22H32FN3O2. The SMILES string of the molecule is CN(C)CCN1CC2(CCCN(C(=O)CCc3ccccc3F)C2)CCC1=O. The molecule has 0 aromatic heterocycles. The number of likely N-dealkylation sites (N-methyl/N-ethyl adjacent to an activating group) is 1. The fraction of sp³-hybridized carbons (Fsp3) is 0.636. The van der Waals surface area contributed by atoms with Gasteiger partial charge in [-0.25, -0.2) is 4.39 Å². The van der Waals surface area contributed by atoms with Crippen LogP contribution in [0.3, 0.4) is 0 Å². The molecule has 2 heterocycles. The highest BCUT2D eigenvalue weighted by Gasteiger charge is 2.42. The van der Waals surface area contributed by atoms with Gasteiger partial charge in [-0.1, -0.05) is 18.2 Å². The Kier molecular flexibility index (Phi) is 6.70. The Balaban J connectivity index is 1.58. The summed E-state index contributed by atoms with van der Waals surface area (Å²) in [5, 5.41) is 0. The van der Waals surface area contributed by atoms with Crippen LogP contribution in [0.1, 0.15) is 37.7 Å². The second-order valence-corrected chi connectivity index (χ2v) is 8.63. The summed E-state index contributed by atoms with van der Waals surface area (Å²) in [7, 11) is 4.03. The van der Waals surface area contributed by atoms with E-state index < -0.39 is 0 Å². The van der Waals surface area contributed by atoms with Crippen LogP contribution in [0.4, 0.5) is 4.39 Å². The number of carbonyl (C=O) groups is 2. The minimum atomic E-state index is -0.243. The molecule has 2 aliphatic heterocycles. The summed E-state index contributed by atoms with van der Waals surface area (Å²) in [6.45, 7) is 3.83. The van der Waals surface area contributed by atoms with E-state index >= 15 is 0 Å². The topological polar surface area (TPSA) is 43.9 Å². The van der Waals surface area contributed by atoms with Gasteiger partial charge in [-0.3, -0.25) is 9.59 Å². The Morgan fingerprint density at radius 2 is 2.00 bits per heavy atom. The quantitative estimate of drug-likeness (QED) is 0.751. The van der Waals surface area contributed by atoms with E-state index in [1.165, 1.54) is 6.07 Å². The summed E-state index contributed by atoms with van der Waals surface area (Å²) < 4.78 is 13.8. The first-order valence-corrected chi connectivity index (χ1v) is 10.3. The minimum absolute atomic E-state index is 0.0200. The van der Waals surface area contributed by atoms with Crippen LogP contribution in [-0.2, 0) is 16.0 Å². The number of rotatable bonds is 6. The number of halogens is 1. The summed E-state index contributed by atoms with van der Waals surface area (Å²) in [6, 6.07) is 6.66. The van der Waals surface area contributed by atoms with Gasteiger partial charge in [0.05, 0.1) is 0 Å².